The second-order valence-electron chi connectivity index (χ2n) is 8.62. The van der Waals surface area contributed by atoms with E-state index in [0.717, 1.165) is 49.1 Å². The van der Waals surface area contributed by atoms with Gasteiger partial charge in [-0.2, -0.15) is 13.2 Å². The maximum Gasteiger partial charge on any atom is 0.417 e. The highest BCUT2D eigenvalue weighted by atomic mass is 19.4. The monoisotopic (exact) mass is 444 g/mol. The number of nitrogens with zero attached hydrogens (tertiary/aromatic N) is 3. The van der Waals surface area contributed by atoms with Gasteiger partial charge in [-0.05, 0) is 62.8 Å². The third-order valence-electron chi connectivity index (χ3n) is 6.61. The molecule has 0 spiro atoms. The van der Waals surface area contributed by atoms with Crippen LogP contribution in [-0.2, 0) is 16.6 Å². The minimum Gasteiger partial charge on any atom is -0.382 e. The van der Waals surface area contributed by atoms with Gasteiger partial charge in [0, 0.05) is 36.5 Å². The number of aromatic nitrogens is 1. The maximum absolute atomic E-state index is 13.2. The highest BCUT2D eigenvalue weighted by molar-refractivity contribution is 6.41. The predicted octanol–water partition coefficient (Wildman–Crippen LogP) is 5.27. The van der Waals surface area contributed by atoms with Gasteiger partial charge in [0.2, 0.25) is 0 Å². The molecule has 4 rings (SSSR count). The summed E-state index contributed by atoms with van der Waals surface area (Å²) in [5.41, 5.74) is 8.09. The van der Waals surface area contributed by atoms with Gasteiger partial charge >= 0.3 is 6.18 Å². The molecule has 0 amide bonds. The minimum atomic E-state index is -4.46. The minimum absolute atomic E-state index is 0.124. The van der Waals surface area contributed by atoms with Gasteiger partial charge in [0.05, 0.1) is 17.4 Å². The molecule has 2 N–H and O–H groups in total. The molecule has 0 saturated heterocycles. The smallest absolute Gasteiger partial charge is 0.382 e. The SMILES string of the molecule is COC1CCC(C2(c3cc(-c4cncc(C(F)(F)F)c4)ccc3C)N=C(C)C(N)=N2)CC1. The molecule has 1 aliphatic carbocycles. The van der Waals surface area contributed by atoms with Gasteiger partial charge in [0.1, 0.15) is 5.84 Å². The zero-order valence-electron chi connectivity index (χ0n) is 18.4. The Labute approximate surface area is 185 Å². The quantitative estimate of drug-likeness (QED) is 0.699. The first-order valence-corrected chi connectivity index (χ1v) is 10.7. The average Bonchev–Trinajstić information content (AvgIpc) is 3.08. The lowest BCUT2D eigenvalue weighted by molar-refractivity contribution is -0.137. The number of hydrogen-bond acceptors (Lipinski definition) is 5. The number of amidine groups is 1. The largest absolute Gasteiger partial charge is 0.417 e. The second kappa shape index (κ2) is 8.31. The molecule has 1 atom stereocenters. The van der Waals surface area contributed by atoms with Crippen LogP contribution in [0.2, 0.25) is 0 Å². The number of rotatable bonds is 4. The standard InChI is InChI=1S/C24H27F3N4O/c1-14-4-5-16(17-10-19(13-29-12-17)24(25,26)27)11-21(14)23(30-15(2)22(28)31-23)18-6-8-20(32-3)9-7-18/h4-5,10-13,18,20H,6-9H2,1-3H3,(H2,28,31). The number of aliphatic imine (C=N–C) groups is 2. The Balaban J connectivity index is 1.80. The number of ether oxygens (including phenoxy) is 1. The van der Waals surface area contributed by atoms with E-state index in [1.54, 1.807) is 7.11 Å². The van der Waals surface area contributed by atoms with Crippen molar-refractivity contribution in [2.75, 3.05) is 7.11 Å². The Morgan fingerprint density at radius 2 is 1.72 bits per heavy atom. The average molecular weight is 445 g/mol. The Morgan fingerprint density at radius 1 is 1.00 bits per heavy atom. The molecule has 2 aromatic rings. The topological polar surface area (TPSA) is 72.9 Å². The van der Waals surface area contributed by atoms with Gasteiger partial charge in [-0.1, -0.05) is 12.1 Å². The van der Waals surface area contributed by atoms with Crippen molar-refractivity contribution < 1.29 is 17.9 Å². The van der Waals surface area contributed by atoms with Crippen LogP contribution in [0.1, 0.15) is 49.3 Å². The molecule has 0 bridgehead atoms. The third-order valence-corrected chi connectivity index (χ3v) is 6.61. The molecule has 2 heterocycles. The van der Waals surface area contributed by atoms with E-state index in [1.807, 2.05) is 32.0 Å². The maximum atomic E-state index is 13.2. The Kier molecular flexibility index (Phi) is 5.83. The van der Waals surface area contributed by atoms with E-state index < -0.39 is 17.4 Å². The van der Waals surface area contributed by atoms with E-state index in [-0.39, 0.29) is 12.0 Å². The number of aryl methyl sites for hydroxylation is 1. The summed E-state index contributed by atoms with van der Waals surface area (Å²) in [5.74, 6) is 0.530. The molecule has 8 heteroatoms. The van der Waals surface area contributed by atoms with Crippen LogP contribution >= 0.6 is 0 Å². The molecule has 1 unspecified atom stereocenters. The molecular weight excluding hydrogens is 417 g/mol. The molecule has 1 aromatic heterocycles. The summed E-state index contributed by atoms with van der Waals surface area (Å²) in [4.78, 5) is 13.6. The Hall–Kier alpha value is -2.74. The number of halogens is 3. The van der Waals surface area contributed by atoms with E-state index in [9.17, 15) is 13.2 Å². The van der Waals surface area contributed by atoms with E-state index in [1.165, 1.54) is 6.20 Å². The number of pyridine rings is 1. The van der Waals surface area contributed by atoms with Crippen molar-refractivity contribution in [1.29, 1.82) is 0 Å². The molecular formula is C24H27F3N4O. The van der Waals surface area contributed by atoms with Gasteiger partial charge in [0.25, 0.3) is 0 Å². The fraction of sp³-hybridized carbons (Fsp3) is 0.458. The first-order valence-electron chi connectivity index (χ1n) is 10.7. The van der Waals surface area contributed by atoms with Crippen molar-refractivity contribution in [2.24, 2.45) is 21.6 Å². The summed E-state index contributed by atoms with van der Waals surface area (Å²) in [7, 11) is 1.73. The number of hydrogen-bond donors (Lipinski definition) is 1. The molecule has 1 aromatic carbocycles. The van der Waals surface area contributed by atoms with Crippen LogP contribution < -0.4 is 5.73 Å². The van der Waals surface area contributed by atoms with E-state index >= 15 is 0 Å². The van der Waals surface area contributed by atoms with Crippen LogP contribution in [0.5, 0.6) is 0 Å². The van der Waals surface area contributed by atoms with Crippen molar-refractivity contribution in [3.8, 4) is 11.1 Å². The predicted molar refractivity (Wildman–Crippen MR) is 119 cm³/mol. The molecule has 0 radical (unpaired) electrons. The molecule has 5 nitrogen and oxygen atoms in total. The van der Waals surface area contributed by atoms with Crippen LogP contribution in [0.25, 0.3) is 11.1 Å². The first-order chi connectivity index (χ1) is 15.1. The number of methoxy groups -OCH3 is 1. The normalized spacial score (nSPS) is 26.1. The van der Waals surface area contributed by atoms with Crippen molar-refractivity contribution in [1.82, 2.24) is 4.98 Å². The first kappa shape index (κ1) is 22.5. The fourth-order valence-electron chi connectivity index (χ4n) is 4.78. The number of nitrogens with two attached hydrogens (primary N) is 1. The molecule has 170 valence electrons. The number of benzene rings is 1. The summed E-state index contributed by atoms with van der Waals surface area (Å²) in [5, 5.41) is 0. The van der Waals surface area contributed by atoms with Crippen LogP contribution in [0.15, 0.2) is 46.6 Å². The summed E-state index contributed by atoms with van der Waals surface area (Å²) < 4.78 is 45.2. The van der Waals surface area contributed by atoms with Crippen LogP contribution in [0.3, 0.4) is 0 Å². The highest BCUT2D eigenvalue weighted by Crippen LogP contribution is 2.47. The lowest BCUT2D eigenvalue weighted by Gasteiger charge is -2.38. The van der Waals surface area contributed by atoms with E-state index in [2.05, 4.69) is 4.98 Å². The molecule has 1 aliphatic heterocycles. The van der Waals surface area contributed by atoms with Crippen LogP contribution in [0.4, 0.5) is 13.2 Å². The number of alkyl halides is 3. The highest BCUT2D eigenvalue weighted by Gasteiger charge is 2.46. The second-order valence-corrected chi connectivity index (χ2v) is 8.62. The van der Waals surface area contributed by atoms with E-state index in [0.29, 0.717) is 22.7 Å². The van der Waals surface area contributed by atoms with Gasteiger partial charge < -0.3 is 10.5 Å². The third kappa shape index (κ3) is 4.03. The molecule has 1 fully saturated rings. The molecule has 2 aliphatic rings. The summed E-state index contributed by atoms with van der Waals surface area (Å²) in [6.45, 7) is 3.82. The van der Waals surface area contributed by atoms with Crippen molar-refractivity contribution in [2.45, 2.75) is 57.5 Å². The van der Waals surface area contributed by atoms with Gasteiger partial charge in [-0.25, -0.2) is 4.99 Å². The van der Waals surface area contributed by atoms with E-state index in [4.69, 9.17) is 20.5 Å². The van der Waals surface area contributed by atoms with Crippen molar-refractivity contribution >= 4 is 11.5 Å². The fourth-order valence-corrected chi connectivity index (χ4v) is 4.78. The van der Waals surface area contributed by atoms with Gasteiger partial charge in [-0.15, -0.1) is 0 Å². The van der Waals surface area contributed by atoms with Crippen molar-refractivity contribution in [3.63, 3.8) is 0 Å². The lowest BCUT2D eigenvalue weighted by atomic mass is 9.74. The Bertz CT molecular complexity index is 1050. The molecule has 32 heavy (non-hydrogen) atoms. The summed E-state index contributed by atoms with van der Waals surface area (Å²) >= 11 is 0. The zero-order chi connectivity index (χ0) is 23.1. The van der Waals surface area contributed by atoms with Crippen LogP contribution in [-0.4, -0.2) is 29.7 Å². The zero-order valence-corrected chi connectivity index (χ0v) is 18.4. The lowest BCUT2D eigenvalue weighted by Crippen LogP contribution is -2.36. The Morgan fingerprint density at radius 3 is 2.31 bits per heavy atom. The molecule has 1 saturated carbocycles. The van der Waals surface area contributed by atoms with Gasteiger partial charge in [-0.3, -0.25) is 9.98 Å². The van der Waals surface area contributed by atoms with Crippen molar-refractivity contribution in [3.05, 3.63) is 53.3 Å². The summed E-state index contributed by atoms with van der Waals surface area (Å²) in [6, 6.07) is 6.74. The van der Waals surface area contributed by atoms with Gasteiger partial charge in [0.15, 0.2) is 5.66 Å². The van der Waals surface area contributed by atoms with Crippen LogP contribution in [0, 0.1) is 12.8 Å². The summed E-state index contributed by atoms with van der Waals surface area (Å²) in [6.07, 6.45) is 1.61.